The molecule has 1 fully saturated rings. The Hall–Kier alpha value is -3.23. The number of methoxy groups -OCH3 is 1. The SMILES string of the molecule is COc1nc2ccccc2cc1C(O)Cc1cc(OCCN2CCCCC2)ccc1[N+](=O)[O-]. The Morgan fingerprint density at radius 1 is 1.15 bits per heavy atom. The Balaban J connectivity index is 1.52. The predicted molar refractivity (Wildman–Crippen MR) is 126 cm³/mol. The van der Waals surface area contributed by atoms with Crippen molar-refractivity contribution in [3.8, 4) is 11.6 Å². The van der Waals surface area contributed by atoms with Crippen molar-refractivity contribution in [1.29, 1.82) is 0 Å². The van der Waals surface area contributed by atoms with Crippen LogP contribution in [0.25, 0.3) is 10.9 Å². The van der Waals surface area contributed by atoms with Crippen LogP contribution in [-0.4, -0.2) is 53.3 Å². The zero-order valence-electron chi connectivity index (χ0n) is 18.8. The molecule has 8 heteroatoms. The summed E-state index contributed by atoms with van der Waals surface area (Å²) in [5.41, 5.74) is 1.59. The lowest BCUT2D eigenvalue weighted by molar-refractivity contribution is -0.385. The van der Waals surface area contributed by atoms with Gasteiger partial charge in [-0.15, -0.1) is 0 Å². The molecular formula is C25H29N3O5. The minimum Gasteiger partial charge on any atom is -0.492 e. The van der Waals surface area contributed by atoms with Gasteiger partial charge in [-0.25, -0.2) is 4.98 Å². The van der Waals surface area contributed by atoms with E-state index < -0.39 is 11.0 Å². The molecule has 1 aliphatic rings. The summed E-state index contributed by atoms with van der Waals surface area (Å²) in [6, 6.07) is 14.1. The third-order valence-electron chi connectivity index (χ3n) is 6.05. The van der Waals surface area contributed by atoms with Gasteiger partial charge in [0.2, 0.25) is 5.88 Å². The largest absolute Gasteiger partial charge is 0.492 e. The highest BCUT2D eigenvalue weighted by atomic mass is 16.6. The molecule has 1 N–H and O–H groups in total. The molecular weight excluding hydrogens is 422 g/mol. The highest BCUT2D eigenvalue weighted by Crippen LogP contribution is 2.33. The van der Waals surface area contributed by atoms with Gasteiger partial charge >= 0.3 is 0 Å². The summed E-state index contributed by atoms with van der Waals surface area (Å²) >= 11 is 0. The Labute approximate surface area is 192 Å². The summed E-state index contributed by atoms with van der Waals surface area (Å²) in [6.45, 7) is 3.52. The fourth-order valence-electron chi connectivity index (χ4n) is 4.30. The maximum absolute atomic E-state index is 11.6. The van der Waals surface area contributed by atoms with Crippen LogP contribution < -0.4 is 9.47 Å². The molecule has 3 aromatic rings. The van der Waals surface area contributed by atoms with Crippen molar-refractivity contribution in [1.82, 2.24) is 9.88 Å². The maximum atomic E-state index is 11.6. The summed E-state index contributed by atoms with van der Waals surface area (Å²) in [4.78, 5) is 18.0. The van der Waals surface area contributed by atoms with Crippen molar-refractivity contribution in [2.24, 2.45) is 0 Å². The number of pyridine rings is 1. The second-order valence-electron chi connectivity index (χ2n) is 8.30. The second-order valence-corrected chi connectivity index (χ2v) is 8.30. The van der Waals surface area contributed by atoms with Crippen LogP contribution in [0.2, 0.25) is 0 Å². The molecule has 0 spiro atoms. The van der Waals surface area contributed by atoms with Gasteiger partial charge < -0.3 is 14.6 Å². The van der Waals surface area contributed by atoms with Gasteiger partial charge in [-0.2, -0.15) is 0 Å². The van der Waals surface area contributed by atoms with E-state index in [2.05, 4.69) is 9.88 Å². The minimum atomic E-state index is -1.03. The van der Waals surface area contributed by atoms with Crippen molar-refractivity contribution >= 4 is 16.6 Å². The number of rotatable bonds is 9. The van der Waals surface area contributed by atoms with Crippen molar-refractivity contribution in [3.05, 3.63) is 69.8 Å². The number of aliphatic hydroxyl groups is 1. The summed E-state index contributed by atoms with van der Waals surface area (Å²) in [7, 11) is 1.49. The number of nitro groups is 1. The molecule has 2 heterocycles. The van der Waals surface area contributed by atoms with Crippen LogP contribution in [0.1, 0.15) is 36.5 Å². The molecule has 0 saturated carbocycles. The van der Waals surface area contributed by atoms with Crippen molar-refractivity contribution in [2.45, 2.75) is 31.8 Å². The first kappa shape index (κ1) is 22.9. The van der Waals surface area contributed by atoms with Crippen molar-refractivity contribution < 1.29 is 19.5 Å². The van der Waals surface area contributed by atoms with Crippen LogP contribution >= 0.6 is 0 Å². The molecule has 0 radical (unpaired) electrons. The van der Waals surface area contributed by atoms with E-state index in [4.69, 9.17) is 9.47 Å². The zero-order valence-corrected chi connectivity index (χ0v) is 18.8. The van der Waals surface area contributed by atoms with Crippen molar-refractivity contribution in [2.75, 3.05) is 33.4 Å². The van der Waals surface area contributed by atoms with Gasteiger partial charge in [0.1, 0.15) is 12.4 Å². The van der Waals surface area contributed by atoms with Gasteiger partial charge in [0.15, 0.2) is 0 Å². The van der Waals surface area contributed by atoms with Gasteiger partial charge in [0.05, 0.1) is 23.7 Å². The highest BCUT2D eigenvalue weighted by Gasteiger charge is 2.22. The van der Waals surface area contributed by atoms with Crippen LogP contribution in [0.15, 0.2) is 48.5 Å². The Bertz CT molecular complexity index is 1110. The normalized spacial score (nSPS) is 15.3. The number of hydrogen-bond acceptors (Lipinski definition) is 7. The molecule has 0 amide bonds. The number of hydrogen-bond donors (Lipinski definition) is 1. The number of ether oxygens (including phenoxy) is 2. The monoisotopic (exact) mass is 451 g/mol. The van der Waals surface area contributed by atoms with Crippen molar-refractivity contribution in [3.63, 3.8) is 0 Å². The second kappa shape index (κ2) is 10.6. The fraction of sp³-hybridized carbons (Fsp3) is 0.400. The lowest BCUT2D eigenvalue weighted by Gasteiger charge is -2.26. The number of aliphatic hydroxyl groups excluding tert-OH is 1. The molecule has 8 nitrogen and oxygen atoms in total. The first-order valence-electron chi connectivity index (χ1n) is 11.3. The number of likely N-dealkylation sites (tertiary alicyclic amines) is 1. The van der Waals surface area contributed by atoms with E-state index in [0.717, 1.165) is 30.5 Å². The molecule has 1 aliphatic heterocycles. The van der Waals surface area contributed by atoms with Gasteiger partial charge in [-0.1, -0.05) is 24.6 Å². The molecule has 1 aromatic heterocycles. The Morgan fingerprint density at radius 2 is 1.94 bits per heavy atom. The van der Waals surface area contributed by atoms with E-state index >= 15 is 0 Å². The van der Waals surface area contributed by atoms with Gasteiger partial charge in [0.25, 0.3) is 5.69 Å². The number of nitrogens with zero attached hydrogens (tertiary/aromatic N) is 3. The molecule has 2 aromatic carbocycles. The van der Waals surface area contributed by atoms with Gasteiger partial charge in [-0.05, 0) is 50.2 Å². The molecule has 1 atom stereocenters. The third kappa shape index (κ3) is 5.58. The molecule has 0 bridgehead atoms. The standard InChI is InChI=1S/C25H29N3O5/c1-32-25-21(16-18-7-3-4-8-22(18)26-25)24(29)17-19-15-20(9-10-23(19)28(30)31)33-14-13-27-11-5-2-6-12-27/h3-4,7-10,15-16,24,29H,2,5-6,11-14,17H2,1H3. The average molecular weight is 452 g/mol. The Kier molecular flexibility index (Phi) is 7.36. The van der Waals surface area contributed by atoms with Crippen LogP contribution in [0, 0.1) is 10.1 Å². The quantitative estimate of drug-likeness (QED) is 0.383. The molecule has 1 saturated heterocycles. The summed E-state index contributed by atoms with van der Waals surface area (Å²) in [6.07, 6.45) is 2.72. The first-order valence-corrected chi connectivity index (χ1v) is 11.3. The third-order valence-corrected chi connectivity index (χ3v) is 6.05. The number of para-hydroxylation sites is 1. The topological polar surface area (TPSA) is 98.0 Å². The lowest BCUT2D eigenvalue weighted by atomic mass is 9.99. The summed E-state index contributed by atoms with van der Waals surface area (Å²) < 4.78 is 11.3. The molecule has 33 heavy (non-hydrogen) atoms. The van der Waals surface area contributed by atoms with Crippen LogP contribution in [0.4, 0.5) is 5.69 Å². The zero-order chi connectivity index (χ0) is 23.2. The number of nitro benzene ring substituents is 1. The van der Waals surface area contributed by atoms with E-state index in [-0.39, 0.29) is 12.1 Å². The van der Waals surface area contributed by atoms with E-state index in [0.29, 0.717) is 29.4 Å². The Morgan fingerprint density at radius 3 is 2.70 bits per heavy atom. The van der Waals surface area contributed by atoms with E-state index in [1.807, 2.05) is 30.3 Å². The lowest BCUT2D eigenvalue weighted by Crippen LogP contribution is -2.33. The average Bonchev–Trinajstić information content (AvgIpc) is 2.83. The van der Waals surface area contributed by atoms with E-state index in [1.165, 1.54) is 32.4 Å². The molecule has 1 unspecified atom stereocenters. The smallest absolute Gasteiger partial charge is 0.272 e. The highest BCUT2D eigenvalue weighted by molar-refractivity contribution is 5.80. The maximum Gasteiger partial charge on any atom is 0.272 e. The predicted octanol–water partition coefficient (Wildman–Crippen LogP) is 4.29. The number of fused-ring (bicyclic) bond motifs is 1. The van der Waals surface area contributed by atoms with Crippen LogP contribution in [0.3, 0.4) is 0 Å². The van der Waals surface area contributed by atoms with Gasteiger partial charge in [0, 0.05) is 35.5 Å². The van der Waals surface area contributed by atoms with Crippen LogP contribution in [-0.2, 0) is 6.42 Å². The fourth-order valence-corrected chi connectivity index (χ4v) is 4.30. The number of aromatic nitrogens is 1. The number of piperidine rings is 1. The van der Waals surface area contributed by atoms with E-state index in [1.54, 1.807) is 12.1 Å². The summed E-state index contributed by atoms with van der Waals surface area (Å²) in [5, 5.41) is 23.5. The molecule has 4 rings (SSSR count). The van der Waals surface area contributed by atoms with E-state index in [9.17, 15) is 15.2 Å². The van der Waals surface area contributed by atoms with Gasteiger partial charge in [-0.3, -0.25) is 15.0 Å². The minimum absolute atomic E-state index is 0.0377. The summed E-state index contributed by atoms with van der Waals surface area (Å²) in [5.74, 6) is 0.862. The first-order chi connectivity index (χ1) is 16.0. The number of benzene rings is 2. The van der Waals surface area contributed by atoms with Crippen LogP contribution in [0.5, 0.6) is 11.6 Å². The molecule has 174 valence electrons. The molecule has 0 aliphatic carbocycles.